The molecular formula is C17H22N2O3S. The zero-order valence-electron chi connectivity index (χ0n) is 13.3. The Kier molecular flexibility index (Phi) is 5.48. The number of aryl methyl sites for hydroxylation is 1. The van der Waals surface area contributed by atoms with Crippen molar-refractivity contribution in [3.05, 3.63) is 46.0 Å². The minimum atomic E-state index is 0.0462. The SMILES string of the molecule is Cc1ccc([C@H](CNC(=O)Cc2ccsc2)N2CCOCC2)o1. The van der Waals surface area contributed by atoms with Crippen LogP contribution in [0.4, 0.5) is 0 Å². The van der Waals surface area contributed by atoms with Gasteiger partial charge < -0.3 is 14.5 Å². The summed E-state index contributed by atoms with van der Waals surface area (Å²) in [5, 5.41) is 7.05. The van der Waals surface area contributed by atoms with Crippen molar-refractivity contribution in [1.29, 1.82) is 0 Å². The maximum Gasteiger partial charge on any atom is 0.224 e. The second-order valence-electron chi connectivity index (χ2n) is 5.73. The van der Waals surface area contributed by atoms with Crippen LogP contribution in [0.2, 0.25) is 0 Å². The van der Waals surface area contributed by atoms with E-state index in [2.05, 4.69) is 10.2 Å². The molecule has 1 aliphatic rings. The molecule has 0 unspecified atom stereocenters. The molecule has 5 nitrogen and oxygen atoms in total. The number of morpholine rings is 1. The minimum absolute atomic E-state index is 0.0462. The summed E-state index contributed by atoms with van der Waals surface area (Å²) in [6, 6.07) is 6.01. The van der Waals surface area contributed by atoms with Gasteiger partial charge in [-0.25, -0.2) is 0 Å². The van der Waals surface area contributed by atoms with Crippen molar-refractivity contribution in [1.82, 2.24) is 10.2 Å². The smallest absolute Gasteiger partial charge is 0.224 e. The van der Waals surface area contributed by atoms with Gasteiger partial charge in [0.2, 0.25) is 5.91 Å². The lowest BCUT2D eigenvalue weighted by Crippen LogP contribution is -2.43. The Morgan fingerprint density at radius 3 is 2.83 bits per heavy atom. The molecule has 0 aromatic carbocycles. The first kappa shape index (κ1) is 16.2. The molecule has 2 aromatic heterocycles. The zero-order chi connectivity index (χ0) is 16.1. The molecule has 3 rings (SSSR count). The van der Waals surface area contributed by atoms with Crippen molar-refractivity contribution in [2.24, 2.45) is 0 Å². The summed E-state index contributed by atoms with van der Waals surface area (Å²) in [7, 11) is 0. The van der Waals surface area contributed by atoms with Gasteiger partial charge in [-0.15, -0.1) is 0 Å². The highest BCUT2D eigenvalue weighted by Crippen LogP contribution is 2.23. The molecule has 0 saturated carbocycles. The van der Waals surface area contributed by atoms with Gasteiger partial charge in [0.1, 0.15) is 11.5 Å². The van der Waals surface area contributed by atoms with Gasteiger partial charge >= 0.3 is 0 Å². The van der Waals surface area contributed by atoms with Crippen LogP contribution in [-0.4, -0.2) is 43.7 Å². The van der Waals surface area contributed by atoms with E-state index < -0.39 is 0 Å². The first-order valence-electron chi connectivity index (χ1n) is 7.88. The van der Waals surface area contributed by atoms with Crippen molar-refractivity contribution in [2.45, 2.75) is 19.4 Å². The summed E-state index contributed by atoms with van der Waals surface area (Å²) in [6.07, 6.45) is 0.427. The predicted molar refractivity (Wildman–Crippen MR) is 89.6 cm³/mol. The summed E-state index contributed by atoms with van der Waals surface area (Å²) in [5.74, 6) is 1.84. The fraction of sp³-hybridized carbons (Fsp3) is 0.471. The third kappa shape index (κ3) is 4.43. The first-order valence-corrected chi connectivity index (χ1v) is 8.82. The molecule has 0 spiro atoms. The number of amides is 1. The molecule has 6 heteroatoms. The van der Waals surface area contributed by atoms with Crippen molar-refractivity contribution in [3.63, 3.8) is 0 Å². The van der Waals surface area contributed by atoms with Crippen molar-refractivity contribution < 1.29 is 13.9 Å². The van der Waals surface area contributed by atoms with Gasteiger partial charge in [0, 0.05) is 19.6 Å². The number of hydrogen-bond donors (Lipinski definition) is 1. The molecule has 0 radical (unpaired) electrons. The minimum Gasteiger partial charge on any atom is -0.465 e. The van der Waals surface area contributed by atoms with Crippen molar-refractivity contribution >= 4 is 17.2 Å². The van der Waals surface area contributed by atoms with Crippen molar-refractivity contribution in [2.75, 3.05) is 32.8 Å². The van der Waals surface area contributed by atoms with Crippen LogP contribution in [-0.2, 0) is 16.0 Å². The lowest BCUT2D eigenvalue weighted by atomic mass is 10.1. The summed E-state index contributed by atoms with van der Waals surface area (Å²) < 4.78 is 11.2. The zero-order valence-corrected chi connectivity index (χ0v) is 14.1. The van der Waals surface area contributed by atoms with Crippen LogP contribution < -0.4 is 5.32 Å². The summed E-state index contributed by atoms with van der Waals surface area (Å²) >= 11 is 1.61. The first-order chi connectivity index (χ1) is 11.2. The molecule has 0 aliphatic carbocycles. The van der Waals surface area contributed by atoms with E-state index in [4.69, 9.17) is 9.15 Å². The van der Waals surface area contributed by atoms with Gasteiger partial charge in [-0.3, -0.25) is 9.69 Å². The van der Waals surface area contributed by atoms with Crippen LogP contribution in [0.3, 0.4) is 0 Å². The molecule has 1 atom stereocenters. The Hall–Kier alpha value is -1.63. The van der Waals surface area contributed by atoms with Crippen LogP contribution >= 0.6 is 11.3 Å². The second-order valence-corrected chi connectivity index (χ2v) is 6.51. The molecule has 1 N–H and O–H groups in total. The topological polar surface area (TPSA) is 54.7 Å². The molecule has 2 aromatic rings. The third-order valence-electron chi connectivity index (χ3n) is 4.01. The van der Waals surface area contributed by atoms with E-state index in [9.17, 15) is 4.79 Å². The monoisotopic (exact) mass is 334 g/mol. The molecular weight excluding hydrogens is 312 g/mol. The van der Waals surface area contributed by atoms with Gasteiger partial charge in [-0.1, -0.05) is 0 Å². The number of nitrogens with zero attached hydrogens (tertiary/aromatic N) is 1. The molecule has 23 heavy (non-hydrogen) atoms. The molecule has 1 aliphatic heterocycles. The molecule has 1 saturated heterocycles. The van der Waals surface area contributed by atoms with Crippen LogP contribution in [0.5, 0.6) is 0 Å². The van der Waals surface area contributed by atoms with Crippen LogP contribution in [0.15, 0.2) is 33.4 Å². The van der Waals surface area contributed by atoms with E-state index in [1.165, 1.54) is 0 Å². The van der Waals surface area contributed by atoms with E-state index in [1.807, 2.05) is 35.9 Å². The number of thiophene rings is 1. The summed E-state index contributed by atoms with van der Waals surface area (Å²) in [6.45, 7) is 5.64. The van der Waals surface area contributed by atoms with Crippen LogP contribution in [0, 0.1) is 6.92 Å². The second kappa shape index (κ2) is 7.77. The molecule has 3 heterocycles. The van der Waals surface area contributed by atoms with Crippen LogP contribution in [0.1, 0.15) is 23.1 Å². The highest BCUT2D eigenvalue weighted by Gasteiger charge is 2.25. The summed E-state index contributed by atoms with van der Waals surface area (Å²) in [5.41, 5.74) is 1.06. The molecule has 124 valence electrons. The fourth-order valence-corrected chi connectivity index (χ4v) is 3.45. The molecule has 1 fully saturated rings. The van der Waals surface area contributed by atoms with E-state index >= 15 is 0 Å². The maximum atomic E-state index is 12.2. The molecule has 0 bridgehead atoms. The average molecular weight is 334 g/mol. The van der Waals surface area contributed by atoms with Crippen molar-refractivity contribution in [3.8, 4) is 0 Å². The third-order valence-corrected chi connectivity index (χ3v) is 4.75. The number of carbonyl (C=O) groups excluding carboxylic acids is 1. The number of furan rings is 1. The number of carbonyl (C=O) groups is 1. The van der Waals surface area contributed by atoms with Gasteiger partial charge in [-0.05, 0) is 41.4 Å². The molecule has 1 amide bonds. The standard InChI is InChI=1S/C17H22N2O3S/c1-13-2-3-16(22-13)15(19-5-7-21-8-6-19)11-18-17(20)10-14-4-9-23-12-14/h2-4,9,12,15H,5-8,10-11H2,1H3,(H,18,20)/t15-/m0/s1. The van der Waals surface area contributed by atoms with Gasteiger partial charge in [0.05, 0.1) is 25.7 Å². The average Bonchev–Trinajstić information content (AvgIpc) is 3.21. The Bertz CT molecular complexity index is 618. The maximum absolute atomic E-state index is 12.2. The Morgan fingerprint density at radius 1 is 1.35 bits per heavy atom. The van der Waals surface area contributed by atoms with Gasteiger partial charge in [-0.2, -0.15) is 11.3 Å². The Balaban J connectivity index is 1.62. The number of nitrogens with one attached hydrogen (secondary N) is 1. The lowest BCUT2D eigenvalue weighted by molar-refractivity contribution is -0.120. The van der Waals surface area contributed by atoms with E-state index in [-0.39, 0.29) is 11.9 Å². The predicted octanol–water partition coefficient (Wildman–Crippen LogP) is 2.38. The van der Waals surface area contributed by atoms with Gasteiger partial charge in [0.15, 0.2) is 0 Å². The highest BCUT2D eigenvalue weighted by atomic mass is 32.1. The van der Waals surface area contributed by atoms with Crippen LogP contribution in [0.25, 0.3) is 0 Å². The number of hydrogen-bond acceptors (Lipinski definition) is 5. The summed E-state index contributed by atoms with van der Waals surface area (Å²) in [4.78, 5) is 14.5. The lowest BCUT2D eigenvalue weighted by Gasteiger charge is -2.33. The Labute approximate surface area is 140 Å². The number of ether oxygens (including phenoxy) is 1. The van der Waals surface area contributed by atoms with Gasteiger partial charge in [0.25, 0.3) is 0 Å². The normalized spacial score (nSPS) is 17.1. The number of rotatable bonds is 6. The highest BCUT2D eigenvalue weighted by molar-refractivity contribution is 7.07. The van der Waals surface area contributed by atoms with E-state index in [1.54, 1.807) is 11.3 Å². The quantitative estimate of drug-likeness (QED) is 0.881. The fourth-order valence-electron chi connectivity index (χ4n) is 2.78. The Morgan fingerprint density at radius 2 is 2.17 bits per heavy atom. The largest absolute Gasteiger partial charge is 0.465 e. The van der Waals surface area contributed by atoms with E-state index in [0.717, 1.165) is 43.4 Å². The van der Waals surface area contributed by atoms with E-state index in [0.29, 0.717) is 13.0 Å².